The first kappa shape index (κ1) is 11.3. The van der Waals surface area contributed by atoms with Gasteiger partial charge in [0.25, 0.3) is 0 Å². The van der Waals surface area contributed by atoms with Crippen LogP contribution >= 0.6 is 0 Å². The number of aromatic nitrogens is 1. The van der Waals surface area contributed by atoms with Crippen LogP contribution in [0.25, 0.3) is 10.9 Å². The van der Waals surface area contributed by atoms with Crippen molar-refractivity contribution in [3.63, 3.8) is 0 Å². The largest absolute Gasteiger partial charge is 0.359 e. The van der Waals surface area contributed by atoms with Crippen molar-refractivity contribution in [1.29, 1.82) is 5.26 Å². The van der Waals surface area contributed by atoms with Gasteiger partial charge in [-0.3, -0.25) is 0 Å². The lowest BCUT2D eigenvalue weighted by molar-refractivity contribution is 0.629. The molecule has 2 aromatic rings. The van der Waals surface area contributed by atoms with E-state index < -0.39 is 0 Å². The first-order valence-corrected chi connectivity index (χ1v) is 5.35. The zero-order valence-electron chi connectivity index (χ0n) is 9.52. The number of benzene rings is 1. The summed E-state index contributed by atoms with van der Waals surface area (Å²) in [6.45, 7) is 0.615. The summed E-state index contributed by atoms with van der Waals surface area (Å²) in [5, 5.41) is 9.43. The van der Waals surface area contributed by atoms with Gasteiger partial charge in [-0.1, -0.05) is 0 Å². The van der Waals surface area contributed by atoms with E-state index in [9.17, 15) is 4.39 Å². The van der Waals surface area contributed by atoms with Crippen LogP contribution in [0.2, 0.25) is 0 Å². The number of nitriles is 1. The van der Waals surface area contributed by atoms with Crippen molar-refractivity contribution in [2.45, 2.75) is 6.42 Å². The maximum Gasteiger partial charge on any atom is 0.129 e. The van der Waals surface area contributed by atoms with Crippen LogP contribution in [0.3, 0.4) is 0 Å². The van der Waals surface area contributed by atoms with Gasteiger partial charge in [0.2, 0.25) is 0 Å². The average Bonchev–Trinajstić information content (AvgIpc) is 2.35. The molecular weight excluding hydrogens is 217 g/mol. The van der Waals surface area contributed by atoms with Crippen molar-refractivity contribution in [3.05, 3.63) is 36.1 Å². The Morgan fingerprint density at radius 3 is 2.88 bits per heavy atom. The highest BCUT2D eigenvalue weighted by Crippen LogP contribution is 2.18. The number of hydrogen-bond donors (Lipinski definition) is 0. The Hall–Kier alpha value is -2.15. The number of pyridine rings is 1. The predicted octanol–water partition coefficient (Wildman–Crippen LogP) is 2.72. The topological polar surface area (TPSA) is 39.9 Å². The lowest BCUT2D eigenvalue weighted by Gasteiger charge is -2.16. The zero-order valence-corrected chi connectivity index (χ0v) is 9.52. The molecule has 86 valence electrons. The molecule has 1 aromatic carbocycles. The van der Waals surface area contributed by atoms with Crippen LogP contribution in [0.5, 0.6) is 0 Å². The number of fused-ring (bicyclic) bond motifs is 1. The Bertz CT molecular complexity index is 574. The number of halogens is 1. The molecule has 0 saturated heterocycles. The molecule has 4 heteroatoms. The summed E-state index contributed by atoms with van der Waals surface area (Å²) in [5.74, 6) is 0.458. The molecule has 0 atom stereocenters. The summed E-state index contributed by atoms with van der Waals surface area (Å²) in [5.41, 5.74) is 0.631. The van der Waals surface area contributed by atoms with Gasteiger partial charge in [0.05, 0.1) is 18.0 Å². The Kier molecular flexibility index (Phi) is 3.20. The predicted molar refractivity (Wildman–Crippen MR) is 65.2 cm³/mol. The first-order valence-electron chi connectivity index (χ1n) is 5.35. The van der Waals surface area contributed by atoms with Gasteiger partial charge in [0, 0.05) is 25.0 Å². The fourth-order valence-corrected chi connectivity index (χ4v) is 1.62. The van der Waals surface area contributed by atoms with Gasteiger partial charge in [0.1, 0.15) is 11.6 Å². The van der Waals surface area contributed by atoms with Crippen molar-refractivity contribution in [2.75, 3.05) is 18.5 Å². The van der Waals surface area contributed by atoms with Crippen LogP contribution in [0, 0.1) is 17.1 Å². The summed E-state index contributed by atoms with van der Waals surface area (Å²) < 4.78 is 13.1. The highest BCUT2D eigenvalue weighted by molar-refractivity contribution is 5.80. The van der Waals surface area contributed by atoms with Gasteiger partial charge >= 0.3 is 0 Å². The van der Waals surface area contributed by atoms with E-state index in [1.165, 1.54) is 12.1 Å². The van der Waals surface area contributed by atoms with Gasteiger partial charge in [-0.15, -0.1) is 0 Å². The summed E-state index contributed by atoms with van der Waals surface area (Å²) in [7, 11) is 1.87. The minimum Gasteiger partial charge on any atom is -0.359 e. The van der Waals surface area contributed by atoms with E-state index in [1.54, 1.807) is 6.07 Å². The van der Waals surface area contributed by atoms with E-state index in [1.807, 2.05) is 24.1 Å². The lowest BCUT2D eigenvalue weighted by Crippen LogP contribution is -2.19. The van der Waals surface area contributed by atoms with Crippen molar-refractivity contribution in [1.82, 2.24) is 4.98 Å². The molecule has 0 spiro atoms. The van der Waals surface area contributed by atoms with Gasteiger partial charge < -0.3 is 4.90 Å². The Balaban J connectivity index is 2.33. The molecule has 3 nitrogen and oxygen atoms in total. The Labute approximate surface area is 99.1 Å². The molecule has 0 aliphatic heterocycles. The smallest absolute Gasteiger partial charge is 0.129 e. The summed E-state index contributed by atoms with van der Waals surface area (Å²) in [4.78, 5) is 6.25. The minimum atomic E-state index is -0.290. The molecule has 0 aliphatic carbocycles. The van der Waals surface area contributed by atoms with Crippen LogP contribution in [0.15, 0.2) is 30.3 Å². The maximum absolute atomic E-state index is 13.1. The van der Waals surface area contributed by atoms with E-state index >= 15 is 0 Å². The number of anilines is 1. The van der Waals surface area contributed by atoms with Crippen LogP contribution in [0.1, 0.15) is 6.42 Å². The van der Waals surface area contributed by atoms with Crippen LogP contribution in [0.4, 0.5) is 10.2 Å². The molecule has 0 aliphatic rings. The SMILES string of the molecule is CN(CCC#N)c1ccc2ccc(F)cc2n1. The monoisotopic (exact) mass is 229 g/mol. The second-order valence-corrected chi connectivity index (χ2v) is 3.84. The van der Waals surface area contributed by atoms with Crippen LogP contribution in [-0.2, 0) is 0 Å². The highest BCUT2D eigenvalue weighted by Gasteiger charge is 2.04. The fourth-order valence-electron chi connectivity index (χ4n) is 1.62. The highest BCUT2D eigenvalue weighted by atomic mass is 19.1. The number of hydrogen-bond acceptors (Lipinski definition) is 3. The average molecular weight is 229 g/mol. The minimum absolute atomic E-state index is 0.290. The van der Waals surface area contributed by atoms with E-state index in [0.29, 0.717) is 18.5 Å². The maximum atomic E-state index is 13.1. The molecule has 0 N–H and O–H groups in total. The second-order valence-electron chi connectivity index (χ2n) is 3.84. The standard InChI is InChI=1S/C13H12FN3/c1-17(8-2-7-15)13-6-4-10-3-5-11(14)9-12(10)16-13/h3-6,9H,2,8H2,1H3. The zero-order chi connectivity index (χ0) is 12.3. The van der Waals surface area contributed by atoms with Crippen LogP contribution < -0.4 is 4.90 Å². The Morgan fingerprint density at radius 1 is 1.35 bits per heavy atom. The normalized spacial score (nSPS) is 10.2. The molecule has 0 radical (unpaired) electrons. The van der Waals surface area contributed by atoms with E-state index in [4.69, 9.17) is 5.26 Å². The molecule has 1 aromatic heterocycles. The molecule has 2 rings (SSSR count). The molecule has 0 fully saturated rings. The van der Waals surface area contributed by atoms with E-state index in [2.05, 4.69) is 11.1 Å². The summed E-state index contributed by atoms with van der Waals surface area (Å²) >= 11 is 0. The lowest BCUT2D eigenvalue weighted by atomic mass is 10.2. The first-order chi connectivity index (χ1) is 8.20. The third-order valence-electron chi connectivity index (χ3n) is 2.59. The van der Waals surface area contributed by atoms with Crippen molar-refractivity contribution in [2.24, 2.45) is 0 Å². The molecule has 0 unspecified atom stereocenters. The number of rotatable bonds is 3. The van der Waals surface area contributed by atoms with Gasteiger partial charge in [-0.25, -0.2) is 9.37 Å². The Morgan fingerprint density at radius 2 is 2.12 bits per heavy atom. The summed E-state index contributed by atoms with van der Waals surface area (Å²) in [6, 6.07) is 10.4. The third-order valence-corrected chi connectivity index (χ3v) is 2.59. The molecule has 17 heavy (non-hydrogen) atoms. The third kappa shape index (κ3) is 2.51. The second kappa shape index (κ2) is 4.79. The van der Waals surface area contributed by atoms with Crippen LogP contribution in [-0.4, -0.2) is 18.6 Å². The molecule has 0 amide bonds. The van der Waals surface area contributed by atoms with Crippen molar-refractivity contribution in [3.8, 4) is 6.07 Å². The van der Waals surface area contributed by atoms with Gasteiger partial charge in [-0.05, 0) is 24.3 Å². The fraction of sp³-hybridized carbons (Fsp3) is 0.231. The van der Waals surface area contributed by atoms with Crippen molar-refractivity contribution >= 4 is 16.7 Å². The van der Waals surface area contributed by atoms with Crippen molar-refractivity contribution < 1.29 is 4.39 Å². The molecule has 0 saturated carbocycles. The molecule has 1 heterocycles. The number of nitrogens with zero attached hydrogens (tertiary/aromatic N) is 3. The van der Waals surface area contributed by atoms with Gasteiger partial charge in [0.15, 0.2) is 0 Å². The summed E-state index contributed by atoms with van der Waals surface area (Å²) in [6.07, 6.45) is 0.444. The molecular formula is C13H12FN3. The molecule has 0 bridgehead atoms. The van der Waals surface area contributed by atoms with E-state index in [0.717, 1.165) is 11.2 Å². The van der Waals surface area contributed by atoms with E-state index in [-0.39, 0.29) is 5.82 Å². The quantitative estimate of drug-likeness (QED) is 0.812. The van der Waals surface area contributed by atoms with Gasteiger partial charge in [-0.2, -0.15) is 5.26 Å².